The summed E-state index contributed by atoms with van der Waals surface area (Å²) in [4.78, 5) is 11.7. The molecule has 5 nitrogen and oxygen atoms in total. The summed E-state index contributed by atoms with van der Waals surface area (Å²) < 4.78 is 0. The van der Waals surface area contributed by atoms with Crippen molar-refractivity contribution in [3.05, 3.63) is 35.9 Å². The number of hydrogen-bond donors (Lipinski definition) is 4. The van der Waals surface area contributed by atoms with E-state index in [-0.39, 0.29) is 13.2 Å². The highest BCUT2D eigenvalue weighted by Gasteiger charge is 2.28. The van der Waals surface area contributed by atoms with Crippen LogP contribution in [0.5, 0.6) is 0 Å². The lowest BCUT2D eigenvalue weighted by molar-refractivity contribution is 0.0934. The van der Waals surface area contributed by atoms with Gasteiger partial charge in [0.25, 0.3) is 0 Å². The van der Waals surface area contributed by atoms with Crippen LogP contribution in [0.3, 0.4) is 0 Å². The first kappa shape index (κ1) is 14.5. The Morgan fingerprint density at radius 3 is 2.33 bits per heavy atom. The molecule has 2 amide bonds. The number of aliphatic hydroxyl groups excluding tert-OH is 2. The van der Waals surface area contributed by atoms with E-state index in [1.165, 1.54) is 0 Å². The summed E-state index contributed by atoms with van der Waals surface area (Å²) in [6, 6.07) is 9.11. The van der Waals surface area contributed by atoms with E-state index in [1.54, 1.807) is 6.92 Å². The summed E-state index contributed by atoms with van der Waals surface area (Å²) in [6.45, 7) is 1.62. The molecular weight excluding hydrogens is 232 g/mol. The monoisotopic (exact) mass is 252 g/mol. The van der Waals surface area contributed by atoms with Crippen molar-refractivity contribution in [1.29, 1.82) is 0 Å². The second-order valence-electron chi connectivity index (χ2n) is 4.24. The van der Waals surface area contributed by atoms with Crippen LogP contribution in [0.1, 0.15) is 18.9 Å². The summed E-state index contributed by atoms with van der Waals surface area (Å²) in [5.74, 6) is 0. The minimum atomic E-state index is -0.958. The predicted octanol–water partition coefficient (Wildman–Crippen LogP) is 0.619. The van der Waals surface area contributed by atoms with Crippen LogP contribution in [0.25, 0.3) is 0 Å². The highest BCUT2D eigenvalue weighted by atomic mass is 16.3. The molecule has 0 saturated heterocycles. The minimum absolute atomic E-state index is 0.293. The van der Waals surface area contributed by atoms with Crippen molar-refractivity contribution >= 4 is 6.03 Å². The smallest absolute Gasteiger partial charge is 0.315 e. The van der Waals surface area contributed by atoms with Gasteiger partial charge in [0, 0.05) is 6.54 Å². The number of rotatable bonds is 6. The molecule has 5 heteroatoms. The number of benzene rings is 1. The number of aliphatic hydroxyl groups is 2. The van der Waals surface area contributed by atoms with Crippen LogP contribution in [0.4, 0.5) is 4.79 Å². The van der Waals surface area contributed by atoms with Gasteiger partial charge in [0.15, 0.2) is 0 Å². The largest absolute Gasteiger partial charge is 0.394 e. The molecule has 0 bridgehead atoms. The van der Waals surface area contributed by atoms with Gasteiger partial charge in [0.1, 0.15) is 0 Å². The zero-order chi connectivity index (χ0) is 13.4. The van der Waals surface area contributed by atoms with Gasteiger partial charge in [-0.2, -0.15) is 0 Å². The number of carbonyl (C=O) groups is 1. The third-order valence-corrected chi connectivity index (χ3v) is 2.96. The molecule has 0 spiro atoms. The van der Waals surface area contributed by atoms with E-state index in [0.29, 0.717) is 13.0 Å². The lowest BCUT2D eigenvalue weighted by Crippen LogP contribution is -2.56. The Hall–Kier alpha value is -1.59. The Morgan fingerprint density at radius 1 is 1.22 bits per heavy atom. The highest BCUT2D eigenvalue weighted by molar-refractivity contribution is 5.74. The van der Waals surface area contributed by atoms with Crippen LogP contribution < -0.4 is 10.6 Å². The fourth-order valence-electron chi connectivity index (χ4n) is 1.50. The fourth-order valence-corrected chi connectivity index (χ4v) is 1.50. The standard InChI is InChI=1S/C13H20N2O3/c1-2-13(9-16,10-17)15-12(18)14-8-11-6-4-3-5-7-11/h3-7,16-17H,2,8-10H2,1H3,(H2,14,15,18). The van der Waals surface area contributed by atoms with Gasteiger partial charge < -0.3 is 20.8 Å². The molecule has 0 heterocycles. The molecule has 1 aromatic carbocycles. The lowest BCUT2D eigenvalue weighted by atomic mass is 9.99. The third-order valence-electron chi connectivity index (χ3n) is 2.96. The first-order valence-electron chi connectivity index (χ1n) is 5.97. The molecule has 1 aromatic rings. The molecule has 0 aliphatic rings. The first-order valence-corrected chi connectivity index (χ1v) is 5.97. The van der Waals surface area contributed by atoms with Crippen molar-refractivity contribution < 1.29 is 15.0 Å². The SMILES string of the molecule is CCC(CO)(CO)NC(=O)NCc1ccccc1. The van der Waals surface area contributed by atoms with E-state index in [4.69, 9.17) is 0 Å². The van der Waals surface area contributed by atoms with E-state index < -0.39 is 11.6 Å². The van der Waals surface area contributed by atoms with Gasteiger partial charge in [-0.05, 0) is 12.0 Å². The molecule has 0 aliphatic carbocycles. The minimum Gasteiger partial charge on any atom is -0.394 e. The van der Waals surface area contributed by atoms with E-state index >= 15 is 0 Å². The first-order chi connectivity index (χ1) is 8.65. The molecular formula is C13H20N2O3. The van der Waals surface area contributed by atoms with Gasteiger partial charge in [-0.15, -0.1) is 0 Å². The van der Waals surface area contributed by atoms with Gasteiger partial charge in [0.2, 0.25) is 0 Å². The Morgan fingerprint density at radius 2 is 1.83 bits per heavy atom. The maximum atomic E-state index is 11.7. The molecule has 0 aromatic heterocycles. The number of hydrogen-bond acceptors (Lipinski definition) is 3. The average molecular weight is 252 g/mol. The summed E-state index contributed by atoms with van der Waals surface area (Å²) >= 11 is 0. The van der Waals surface area contributed by atoms with Crippen LogP contribution in [-0.4, -0.2) is 35.0 Å². The number of nitrogens with one attached hydrogen (secondary N) is 2. The Balaban J connectivity index is 2.46. The maximum absolute atomic E-state index is 11.7. The zero-order valence-corrected chi connectivity index (χ0v) is 10.5. The average Bonchev–Trinajstić information content (AvgIpc) is 2.44. The number of urea groups is 1. The number of carbonyl (C=O) groups excluding carboxylic acids is 1. The molecule has 0 radical (unpaired) electrons. The van der Waals surface area contributed by atoms with Gasteiger partial charge in [0.05, 0.1) is 18.8 Å². The van der Waals surface area contributed by atoms with E-state index in [9.17, 15) is 15.0 Å². The normalized spacial score (nSPS) is 11.1. The quantitative estimate of drug-likeness (QED) is 0.599. The molecule has 0 atom stereocenters. The van der Waals surface area contributed by atoms with Crippen LogP contribution in [0.2, 0.25) is 0 Å². The van der Waals surface area contributed by atoms with E-state index in [1.807, 2.05) is 30.3 Å². The molecule has 0 fully saturated rings. The molecule has 18 heavy (non-hydrogen) atoms. The van der Waals surface area contributed by atoms with Crippen LogP contribution in [-0.2, 0) is 6.54 Å². The van der Waals surface area contributed by atoms with E-state index in [0.717, 1.165) is 5.56 Å². The number of amides is 2. The van der Waals surface area contributed by atoms with Gasteiger partial charge in [-0.3, -0.25) is 0 Å². The molecule has 0 aliphatic heterocycles. The Kier molecular flexibility index (Phi) is 5.61. The molecule has 0 unspecified atom stereocenters. The van der Waals surface area contributed by atoms with Gasteiger partial charge in [-0.25, -0.2) is 4.79 Å². The van der Waals surface area contributed by atoms with Crippen LogP contribution in [0, 0.1) is 0 Å². The molecule has 100 valence electrons. The summed E-state index contributed by atoms with van der Waals surface area (Å²) in [5, 5.41) is 23.7. The van der Waals surface area contributed by atoms with E-state index in [2.05, 4.69) is 10.6 Å². The summed E-state index contributed by atoms with van der Waals surface area (Å²) in [5.41, 5.74) is 0.0311. The molecule has 1 rings (SSSR count). The van der Waals surface area contributed by atoms with Crippen molar-refractivity contribution in [2.24, 2.45) is 0 Å². The Labute approximate surface area is 107 Å². The van der Waals surface area contributed by atoms with Gasteiger partial charge in [-0.1, -0.05) is 37.3 Å². The predicted molar refractivity (Wildman–Crippen MR) is 69.0 cm³/mol. The van der Waals surface area contributed by atoms with Crippen molar-refractivity contribution in [2.45, 2.75) is 25.4 Å². The zero-order valence-electron chi connectivity index (χ0n) is 10.5. The second-order valence-corrected chi connectivity index (χ2v) is 4.24. The van der Waals surface area contributed by atoms with Crippen molar-refractivity contribution in [3.8, 4) is 0 Å². The lowest BCUT2D eigenvalue weighted by Gasteiger charge is -2.29. The van der Waals surface area contributed by atoms with Crippen LogP contribution >= 0.6 is 0 Å². The fraction of sp³-hybridized carbons (Fsp3) is 0.462. The van der Waals surface area contributed by atoms with Crippen molar-refractivity contribution in [3.63, 3.8) is 0 Å². The van der Waals surface area contributed by atoms with Crippen molar-refractivity contribution in [1.82, 2.24) is 10.6 Å². The van der Waals surface area contributed by atoms with Gasteiger partial charge >= 0.3 is 6.03 Å². The third kappa shape index (κ3) is 4.01. The molecule has 4 N–H and O–H groups in total. The van der Waals surface area contributed by atoms with Crippen molar-refractivity contribution in [2.75, 3.05) is 13.2 Å². The van der Waals surface area contributed by atoms with Crippen LogP contribution in [0.15, 0.2) is 30.3 Å². The summed E-state index contributed by atoms with van der Waals surface area (Å²) in [7, 11) is 0. The topological polar surface area (TPSA) is 81.6 Å². The Bertz CT molecular complexity index is 355. The second kappa shape index (κ2) is 6.98. The highest BCUT2D eigenvalue weighted by Crippen LogP contribution is 2.07. The maximum Gasteiger partial charge on any atom is 0.315 e. The summed E-state index contributed by atoms with van der Waals surface area (Å²) in [6.07, 6.45) is 0.457. The molecule has 0 saturated carbocycles.